The number of aliphatic imine (C=N–C) groups is 1. The average Bonchev–Trinajstić information content (AvgIpc) is 2.58. The van der Waals surface area contributed by atoms with Gasteiger partial charge in [0.05, 0.1) is 18.2 Å². The van der Waals surface area contributed by atoms with Crippen molar-refractivity contribution in [3.63, 3.8) is 0 Å². The van der Waals surface area contributed by atoms with Crippen molar-refractivity contribution in [2.24, 2.45) is 4.99 Å². The van der Waals surface area contributed by atoms with Crippen LogP contribution in [0.1, 0.15) is 23.6 Å². The summed E-state index contributed by atoms with van der Waals surface area (Å²) in [5.41, 5.74) is 2.18. The van der Waals surface area contributed by atoms with Gasteiger partial charge in [0.15, 0.2) is 5.71 Å². The fourth-order valence-electron chi connectivity index (χ4n) is 2.97. The largest absolute Gasteiger partial charge is 0.464 e. The SMILES string of the molecule is COC(=O)C1=Nc2ccc(C)cc2C(C)(c2ccccc2)C1=O. The van der Waals surface area contributed by atoms with Gasteiger partial charge in [0, 0.05) is 0 Å². The van der Waals surface area contributed by atoms with Crippen molar-refractivity contribution in [2.75, 3.05) is 7.11 Å². The summed E-state index contributed by atoms with van der Waals surface area (Å²) in [5.74, 6) is -1.04. The monoisotopic (exact) mass is 307 g/mol. The van der Waals surface area contributed by atoms with Crippen LogP contribution in [0.4, 0.5) is 5.69 Å². The first-order valence-electron chi connectivity index (χ1n) is 7.37. The molecule has 4 nitrogen and oxygen atoms in total. The van der Waals surface area contributed by atoms with Gasteiger partial charge < -0.3 is 4.74 Å². The first kappa shape index (κ1) is 15.2. The number of methoxy groups -OCH3 is 1. The van der Waals surface area contributed by atoms with Crippen molar-refractivity contribution in [1.29, 1.82) is 0 Å². The molecule has 0 spiro atoms. The van der Waals surface area contributed by atoms with Crippen molar-refractivity contribution in [3.8, 4) is 0 Å². The number of rotatable bonds is 2. The fraction of sp³-hybridized carbons (Fsp3) is 0.211. The lowest BCUT2D eigenvalue weighted by molar-refractivity contribution is -0.133. The van der Waals surface area contributed by atoms with Gasteiger partial charge in [-0.1, -0.05) is 48.0 Å². The van der Waals surface area contributed by atoms with E-state index in [-0.39, 0.29) is 11.5 Å². The summed E-state index contributed by atoms with van der Waals surface area (Å²) >= 11 is 0. The Labute approximate surface area is 134 Å². The van der Waals surface area contributed by atoms with Crippen LogP contribution in [0.5, 0.6) is 0 Å². The highest BCUT2D eigenvalue weighted by atomic mass is 16.5. The topological polar surface area (TPSA) is 55.7 Å². The highest BCUT2D eigenvalue weighted by molar-refractivity contribution is 6.67. The number of fused-ring (bicyclic) bond motifs is 1. The van der Waals surface area contributed by atoms with Crippen LogP contribution in [0, 0.1) is 6.92 Å². The Balaban J connectivity index is 2.32. The molecule has 23 heavy (non-hydrogen) atoms. The quantitative estimate of drug-likeness (QED) is 0.801. The minimum Gasteiger partial charge on any atom is -0.464 e. The average molecular weight is 307 g/mol. The minimum atomic E-state index is -0.964. The molecular formula is C19H17NO3. The van der Waals surface area contributed by atoms with E-state index >= 15 is 0 Å². The molecule has 4 heteroatoms. The zero-order chi connectivity index (χ0) is 16.6. The number of carbonyl (C=O) groups is 2. The Bertz CT molecular complexity index is 824. The van der Waals surface area contributed by atoms with Crippen LogP contribution in [0.3, 0.4) is 0 Å². The van der Waals surface area contributed by atoms with E-state index in [4.69, 9.17) is 4.74 Å². The van der Waals surface area contributed by atoms with E-state index in [1.807, 2.05) is 62.4 Å². The second-order valence-electron chi connectivity index (χ2n) is 5.79. The van der Waals surface area contributed by atoms with Crippen molar-refractivity contribution in [1.82, 2.24) is 0 Å². The van der Waals surface area contributed by atoms with E-state index in [0.717, 1.165) is 16.7 Å². The normalized spacial score (nSPS) is 19.8. The van der Waals surface area contributed by atoms with Crippen molar-refractivity contribution in [3.05, 3.63) is 65.2 Å². The molecule has 3 rings (SSSR count). The number of ether oxygens (including phenoxy) is 1. The van der Waals surface area contributed by atoms with Gasteiger partial charge >= 0.3 is 5.97 Å². The summed E-state index contributed by atoms with van der Waals surface area (Å²) in [6, 6.07) is 15.2. The third-order valence-corrected chi connectivity index (χ3v) is 4.32. The van der Waals surface area contributed by atoms with Gasteiger partial charge in [-0.2, -0.15) is 0 Å². The molecule has 0 saturated carbocycles. The first-order chi connectivity index (χ1) is 11.0. The number of carbonyl (C=O) groups excluding carboxylic acids is 2. The molecule has 0 aliphatic carbocycles. The number of hydrogen-bond acceptors (Lipinski definition) is 4. The van der Waals surface area contributed by atoms with Gasteiger partial charge in [-0.3, -0.25) is 4.79 Å². The Morgan fingerprint density at radius 2 is 1.83 bits per heavy atom. The van der Waals surface area contributed by atoms with Crippen LogP contribution in [0.2, 0.25) is 0 Å². The van der Waals surface area contributed by atoms with E-state index in [1.165, 1.54) is 7.11 Å². The predicted molar refractivity (Wildman–Crippen MR) is 88.2 cm³/mol. The van der Waals surface area contributed by atoms with E-state index in [2.05, 4.69) is 4.99 Å². The van der Waals surface area contributed by atoms with Crippen molar-refractivity contribution in [2.45, 2.75) is 19.3 Å². The van der Waals surface area contributed by atoms with Crippen LogP contribution in [-0.4, -0.2) is 24.6 Å². The molecule has 116 valence electrons. The molecule has 1 aliphatic rings. The lowest BCUT2D eigenvalue weighted by Crippen LogP contribution is -2.44. The van der Waals surface area contributed by atoms with Crippen LogP contribution in [-0.2, 0) is 19.7 Å². The Kier molecular flexibility index (Phi) is 3.60. The number of nitrogens with zero attached hydrogens (tertiary/aromatic N) is 1. The maximum atomic E-state index is 13.1. The summed E-state index contributed by atoms with van der Waals surface area (Å²) in [4.78, 5) is 29.3. The van der Waals surface area contributed by atoms with E-state index in [0.29, 0.717) is 5.69 Å². The highest BCUT2D eigenvalue weighted by Gasteiger charge is 2.46. The maximum absolute atomic E-state index is 13.1. The van der Waals surface area contributed by atoms with Crippen LogP contribution >= 0.6 is 0 Å². The predicted octanol–water partition coefficient (Wildman–Crippen LogP) is 3.13. The third-order valence-electron chi connectivity index (χ3n) is 4.32. The van der Waals surface area contributed by atoms with Gasteiger partial charge in [0.2, 0.25) is 5.78 Å². The Hall–Kier alpha value is -2.75. The van der Waals surface area contributed by atoms with E-state index in [1.54, 1.807) is 0 Å². The summed E-state index contributed by atoms with van der Waals surface area (Å²) in [6.45, 7) is 3.80. The molecule has 0 amide bonds. The number of ketones is 1. The van der Waals surface area contributed by atoms with E-state index in [9.17, 15) is 9.59 Å². The summed E-state index contributed by atoms with van der Waals surface area (Å²) in [5, 5.41) is 0. The highest BCUT2D eigenvalue weighted by Crippen LogP contribution is 2.42. The van der Waals surface area contributed by atoms with Crippen LogP contribution < -0.4 is 0 Å². The van der Waals surface area contributed by atoms with Gasteiger partial charge in [0.1, 0.15) is 0 Å². The minimum absolute atomic E-state index is 0.157. The van der Waals surface area contributed by atoms with Gasteiger partial charge in [-0.25, -0.2) is 9.79 Å². The molecule has 0 saturated heterocycles. The summed E-state index contributed by atoms with van der Waals surface area (Å²) in [6.07, 6.45) is 0. The van der Waals surface area contributed by atoms with Crippen LogP contribution in [0.15, 0.2) is 53.5 Å². The molecule has 1 unspecified atom stereocenters. The van der Waals surface area contributed by atoms with Crippen molar-refractivity contribution < 1.29 is 14.3 Å². The van der Waals surface area contributed by atoms with Gasteiger partial charge in [-0.05, 0) is 31.0 Å². The molecule has 2 aromatic rings. The van der Waals surface area contributed by atoms with Crippen molar-refractivity contribution >= 4 is 23.2 Å². The molecule has 1 heterocycles. The lowest BCUT2D eigenvalue weighted by atomic mass is 9.69. The number of hydrogen-bond donors (Lipinski definition) is 0. The second-order valence-corrected chi connectivity index (χ2v) is 5.79. The maximum Gasteiger partial charge on any atom is 0.360 e. The molecule has 1 aliphatic heterocycles. The number of esters is 1. The molecular weight excluding hydrogens is 290 g/mol. The number of aryl methyl sites for hydroxylation is 1. The second kappa shape index (κ2) is 5.47. The summed E-state index contributed by atoms with van der Waals surface area (Å²) in [7, 11) is 1.25. The van der Waals surface area contributed by atoms with Gasteiger partial charge in [-0.15, -0.1) is 0 Å². The first-order valence-corrected chi connectivity index (χ1v) is 7.37. The molecule has 0 N–H and O–H groups in total. The zero-order valence-corrected chi connectivity index (χ0v) is 13.3. The third kappa shape index (κ3) is 2.27. The van der Waals surface area contributed by atoms with Gasteiger partial charge in [0.25, 0.3) is 0 Å². The zero-order valence-electron chi connectivity index (χ0n) is 13.3. The molecule has 1 atom stereocenters. The smallest absolute Gasteiger partial charge is 0.360 e. The molecule has 0 fully saturated rings. The fourth-order valence-corrected chi connectivity index (χ4v) is 2.97. The Morgan fingerprint density at radius 3 is 2.48 bits per heavy atom. The number of Topliss-reactive ketones (excluding diaryl/α,β-unsaturated/α-hetero) is 1. The number of benzene rings is 2. The molecule has 0 bridgehead atoms. The summed E-state index contributed by atoms with van der Waals surface area (Å²) < 4.78 is 4.74. The molecule has 0 aromatic heterocycles. The standard InChI is InChI=1S/C19H17NO3/c1-12-9-10-15-14(11-12)19(2,13-7-5-4-6-8-13)17(21)16(20-15)18(22)23-3/h4-11H,1-3H3. The van der Waals surface area contributed by atoms with E-state index < -0.39 is 11.4 Å². The van der Waals surface area contributed by atoms with Crippen LogP contribution in [0.25, 0.3) is 0 Å². The lowest BCUT2D eigenvalue weighted by Gasteiger charge is -2.33. The molecule has 2 aromatic carbocycles. The molecule has 0 radical (unpaired) electrons. The Morgan fingerprint density at radius 1 is 1.13 bits per heavy atom.